The Labute approximate surface area is 128 Å². The van der Waals surface area contributed by atoms with Gasteiger partial charge in [-0.2, -0.15) is 0 Å². The number of ether oxygens (including phenoxy) is 2. The highest BCUT2D eigenvalue weighted by molar-refractivity contribution is 5.89. The zero-order chi connectivity index (χ0) is 15.7. The van der Waals surface area contributed by atoms with E-state index in [4.69, 9.17) is 15.2 Å². The van der Waals surface area contributed by atoms with Gasteiger partial charge in [-0.3, -0.25) is 4.79 Å². The van der Waals surface area contributed by atoms with E-state index in [1.807, 2.05) is 32.6 Å². The lowest BCUT2D eigenvalue weighted by molar-refractivity contribution is -0.181. The molecular formula is C16H30N2O3. The van der Waals surface area contributed by atoms with Crippen LogP contribution in [0.2, 0.25) is 0 Å². The van der Waals surface area contributed by atoms with Crippen LogP contribution in [0.5, 0.6) is 0 Å². The van der Waals surface area contributed by atoms with E-state index >= 15 is 0 Å². The minimum absolute atomic E-state index is 0.0628. The average Bonchev–Trinajstić information content (AvgIpc) is 2.46. The van der Waals surface area contributed by atoms with Crippen molar-refractivity contribution >= 4 is 5.91 Å². The van der Waals surface area contributed by atoms with Crippen molar-refractivity contribution in [2.45, 2.75) is 64.7 Å². The number of hydrogen-bond acceptors (Lipinski definition) is 4. The summed E-state index contributed by atoms with van der Waals surface area (Å²) in [6.45, 7) is 10.9. The zero-order valence-corrected chi connectivity index (χ0v) is 13.9. The van der Waals surface area contributed by atoms with Crippen LogP contribution in [0.15, 0.2) is 0 Å². The van der Waals surface area contributed by atoms with Crippen LogP contribution < -0.4 is 5.73 Å². The number of nitrogens with two attached hydrogens (primary N) is 1. The normalized spacial score (nSPS) is 35.4. The number of hydrogen-bond donors (Lipinski definition) is 1. The first-order valence-electron chi connectivity index (χ1n) is 8.18. The lowest BCUT2D eigenvalue weighted by Gasteiger charge is -2.59. The lowest BCUT2D eigenvalue weighted by Crippen LogP contribution is -2.76. The maximum Gasteiger partial charge on any atom is 0.243 e. The van der Waals surface area contributed by atoms with Gasteiger partial charge in [0, 0.05) is 38.1 Å². The van der Waals surface area contributed by atoms with Gasteiger partial charge in [-0.1, -0.05) is 13.8 Å². The van der Waals surface area contributed by atoms with Gasteiger partial charge in [0.25, 0.3) is 0 Å². The summed E-state index contributed by atoms with van der Waals surface area (Å²) in [5.74, 6) is 0.0628. The maximum atomic E-state index is 12.9. The van der Waals surface area contributed by atoms with Crippen LogP contribution in [-0.4, -0.2) is 54.9 Å². The number of nitrogens with zero attached hydrogens (tertiary/aromatic N) is 1. The van der Waals surface area contributed by atoms with Gasteiger partial charge in [-0.25, -0.2) is 0 Å². The predicted octanol–water partition coefficient (Wildman–Crippen LogP) is 1.55. The number of rotatable bonds is 5. The van der Waals surface area contributed by atoms with E-state index in [9.17, 15) is 4.79 Å². The van der Waals surface area contributed by atoms with Gasteiger partial charge in [0.2, 0.25) is 5.91 Å². The Bertz CT molecular complexity index is 384. The van der Waals surface area contributed by atoms with Crippen LogP contribution in [0.3, 0.4) is 0 Å². The topological polar surface area (TPSA) is 64.8 Å². The molecule has 0 aromatic rings. The van der Waals surface area contributed by atoms with E-state index in [0.29, 0.717) is 26.2 Å². The molecule has 3 atom stereocenters. The molecule has 0 bridgehead atoms. The fraction of sp³-hybridized carbons (Fsp3) is 0.938. The van der Waals surface area contributed by atoms with Crippen LogP contribution in [0, 0.1) is 5.41 Å². The van der Waals surface area contributed by atoms with Crippen molar-refractivity contribution in [2.24, 2.45) is 11.1 Å². The van der Waals surface area contributed by atoms with Gasteiger partial charge in [-0.05, 0) is 26.7 Å². The predicted molar refractivity (Wildman–Crippen MR) is 82.0 cm³/mol. The summed E-state index contributed by atoms with van der Waals surface area (Å²) >= 11 is 0. The van der Waals surface area contributed by atoms with E-state index in [2.05, 4.69) is 0 Å². The monoisotopic (exact) mass is 298 g/mol. The minimum Gasteiger partial charge on any atom is -0.378 e. The second kappa shape index (κ2) is 6.23. The fourth-order valence-corrected chi connectivity index (χ4v) is 3.57. The van der Waals surface area contributed by atoms with Crippen molar-refractivity contribution in [3.63, 3.8) is 0 Å². The Balaban J connectivity index is 2.02. The lowest BCUT2D eigenvalue weighted by atomic mass is 9.54. The van der Waals surface area contributed by atoms with Gasteiger partial charge < -0.3 is 20.1 Å². The number of carbonyl (C=O) groups excluding carboxylic acids is 1. The second-order valence-electron chi connectivity index (χ2n) is 6.81. The Kier molecular flexibility index (Phi) is 4.96. The molecule has 0 spiro atoms. The summed E-state index contributed by atoms with van der Waals surface area (Å²) in [5.41, 5.74) is 5.36. The Morgan fingerprint density at radius 2 is 1.95 bits per heavy atom. The number of amides is 1. The molecule has 0 aromatic heterocycles. The van der Waals surface area contributed by atoms with Crippen molar-refractivity contribution in [1.82, 2.24) is 4.90 Å². The molecule has 21 heavy (non-hydrogen) atoms. The molecule has 5 heteroatoms. The van der Waals surface area contributed by atoms with Gasteiger partial charge in [0.1, 0.15) is 5.54 Å². The number of carbonyl (C=O) groups is 1. The quantitative estimate of drug-likeness (QED) is 0.836. The van der Waals surface area contributed by atoms with E-state index in [0.717, 1.165) is 19.4 Å². The first-order chi connectivity index (χ1) is 9.86. The molecule has 2 rings (SSSR count). The minimum atomic E-state index is -0.805. The van der Waals surface area contributed by atoms with E-state index < -0.39 is 5.54 Å². The van der Waals surface area contributed by atoms with Crippen LogP contribution >= 0.6 is 0 Å². The van der Waals surface area contributed by atoms with Crippen LogP contribution in [-0.2, 0) is 14.3 Å². The highest BCUT2D eigenvalue weighted by Crippen LogP contribution is 2.50. The summed E-state index contributed by atoms with van der Waals surface area (Å²) in [5, 5.41) is 0. The molecule has 1 aliphatic heterocycles. The Morgan fingerprint density at radius 3 is 2.52 bits per heavy atom. The van der Waals surface area contributed by atoms with Crippen molar-refractivity contribution in [1.29, 1.82) is 0 Å². The van der Waals surface area contributed by atoms with Crippen LogP contribution in [0.25, 0.3) is 0 Å². The van der Waals surface area contributed by atoms with Crippen molar-refractivity contribution < 1.29 is 14.3 Å². The van der Waals surface area contributed by atoms with Crippen LogP contribution in [0.1, 0.15) is 47.0 Å². The van der Waals surface area contributed by atoms with Gasteiger partial charge in [0.05, 0.1) is 12.2 Å². The van der Waals surface area contributed by atoms with Gasteiger partial charge in [0.15, 0.2) is 0 Å². The molecule has 1 aliphatic carbocycles. The smallest absolute Gasteiger partial charge is 0.243 e. The Hall–Kier alpha value is -0.650. The second-order valence-corrected chi connectivity index (χ2v) is 6.81. The largest absolute Gasteiger partial charge is 0.378 e. The molecule has 2 fully saturated rings. The first-order valence-corrected chi connectivity index (χ1v) is 8.18. The third-order valence-corrected chi connectivity index (χ3v) is 5.28. The molecule has 2 aliphatic rings. The standard InChI is InChI=1S/C16H30N2O3/c1-5-20-12-8-7-9-18(11-12)14(19)16(17)10-13(21-6-2)15(16,3)4/h12-13H,5-11,17H2,1-4H3. The third kappa shape index (κ3) is 2.83. The molecular weight excluding hydrogens is 268 g/mol. The fourth-order valence-electron chi connectivity index (χ4n) is 3.57. The molecule has 5 nitrogen and oxygen atoms in total. The summed E-state index contributed by atoms with van der Waals surface area (Å²) in [7, 11) is 0. The van der Waals surface area contributed by atoms with Crippen molar-refractivity contribution in [3.05, 3.63) is 0 Å². The molecule has 0 radical (unpaired) electrons. The summed E-state index contributed by atoms with van der Waals surface area (Å²) in [6, 6.07) is 0. The molecule has 1 saturated carbocycles. The zero-order valence-electron chi connectivity index (χ0n) is 13.9. The van der Waals surface area contributed by atoms with Gasteiger partial charge in [-0.15, -0.1) is 0 Å². The molecule has 122 valence electrons. The van der Waals surface area contributed by atoms with Gasteiger partial charge >= 0.3 is 0 Å². The molecule has 1 saturated heterocycles. The van der Waals surface area contributed by atoms with Crippen molar-refractivity contribution in [3.8, 4) is 0 Å². The molecule has 1 amide bonds. The molecule has 2 N–H and O–H groups in total. The Morgan fingerprint density at radius 1 is 1.29 bits per heavy atom. The molecule has 0 aromatic carbocycles. The van der Waals surface area contributed by atoms with E-state index in [1.54, 1.807) is 0 Å². The maximum absolute atomic E-state index is 12.9. The number of likely N-dealkylation sites (tertiary alicyclic amines) is 1. The number of piperidine rings is 1. The van der Waals surface area contributed by atoms with Crippen LogP contribution in [0.4, 0.5) is 0 Å². The van der Waals surface area contributed by atoms with E-state index in [1.165, 1.54) is 0 Å². The first kappa shape index (κ1) is 16.7. The average molecular weight is 298 g/mol. The summed E-state index contributed by atoms with van der Waals surface area (Å²) < 4.78 is 11.4. The molecule has 3 unspecified atom stereocenters. The molecule has 1 heterocycles. The summed E-state index contributed by atoms with van der Waals surface area (Å²) in [4.78, 5) is 14.8. The summed E-state index contributed by atoms with van der Waals surface area (Å²) in [6.07, 6.45) is 2.86. The SMILES string of the molecule is CCOC1CCCN(C(=O)C2(N)CC(OCC)C2(C)C)C1. The highest BCUT2D eigenvalue weighted by atomic mass is 16.5. The van der Waals surface area contributed by atoms with Crippen molar-refractivity contribution in [2.75, 3.05) is 26.3 Å². The third-order valence-electron chi connectivity index (χ3n) is 5.28. The highest BCUT2D eigenvalue weighted by Gasteiger charge is 2.63. The van der Waals surface area contributed by atoms with E-state index in [-0.39, 0.29) is 23.5 Å².